The predicted molar refractivity (Wildman–Crippen MR) is 69.3 cm³/mol. The van der Waals surface area contributed by atoms with Crippen molar-refractivity contribution in [3.05, 3.63) is 16.8 Å². The lowest BCUT2D eigenvalue weighted by atomic mass is 10.0. The molecule has 1 aromatic rings. The molecule has 94 valence electrons. The van der Waals surface area contributed by atoms with E-state index in [-0.39, 0.29) is 0 Å². The van der Waals surface area contributed by atoms with Gasteiger partial charge in [0.25, 0.3) is 0 Å². The van der Waals surface area contributed by atoms with Crippen LogP contribution in [0.25, 0.3) is 0 Å². The van der Waals surface area contributed by atoms with Gasteiger partial charge in [-0.2, -0.15) is 10.4 Å². The number of nitrogens with zero attached hydrogens (tertiary/aromatic N) is 4. The molecule has 4 nitrogen and oxygen atoms in total. The lowest BCUT2D eigenvalue weighted by Gasteiger charge is -2.20. The summed E-state index contributed by atoms with van der Waals surface area (Å²) in [5.41, 5.74) is 2.54. The minimum atomic E-state index is 0.711. The maximum atomic E-state index is 9.34. The standard InChI is InChI=1S/C14H18N4/c1-9-10(2)16-17-14(13(9)6-15)18-7-11-4-3-5-12(11)8-18/h11-12H,3-5,7-8H2,1-2H3. The van der Waals surface area contributed by atoms with E-state index in [0.29, 0.717) is 5.56 Å². The van der Waals surface area contributed by atoms with E-state index in [9.17, 15) is 5.26 Å². The Balaban J connectivity index is 1.94. The Hall–Kier alpha value is -1.63. The molecule has 1 aliphatic heterocycles. The molecule has 0 radical (unpaired) electrons. The van der Waals surface area contributed by atoms with Crippen LogP contribution in [0, 0.1) is 37.0 Å². The summed E-state index contributed by atoms with van der Waals surface area (Å²) in [6, 6.07) is 2.30. The van der Waals surface area contributed by atoms with Crippen LogP contribution >= 0.6 is 0 Å². The van der Waals surface area contributed by atoms with Gasteiger partial charge in [0.2, 0.25) is 0 Å². The summed E-state index contributed by atoms with van der Waals surface area (Å²) in [6.45, 7) is 5.97. The number of hydrogen-bond acceptors (Lipinski definition) is 4. The molecule has 3 rings (SSSR count). The van der Waals surface area contributed by atoms with E-state index in [2.05, 4.69) is 21.2 Å². The molecule has 0 N–H and O–H groups in total. The summed E-state index contributed by atoms with van der Waals surface area (Å²) in [5.74, 6) is 2.41. The number of nitriles is 1. The van der Waals surface area contributed by atoms with Crippen LogP contribution in [-0.2, 0) is 0 Å². The van der Waals surface area contributed by atoms with Crippen LogP contribution < -0.4 is 4.90 Å². The lowest BCUT2D eigenvalue weighted by Crippen LogP contribution is -2.24. The Bertz CT molecular complexity index is 505. The first-order valence-electron chi connectivity index (χ1n) is 6.69. The molecular formula is C14H18N4. The SMILES string of the molecule is Cc1nnc(N2CC3CCCC3C2)c(C#N)c1C. The average Bonchev–Trinajstić information content (AvgIpc) is 2.92. The van der Waals surface area contributed by atoms with Gasteiger partial charge in [-0.25, -0.2) is 0 Å². The zero-order valence-electron chi connectivity index (χ0n) is 11.0. The number of aromatic nitrogens is 2. The largest absolute Gasteiger partial charge is 0.353 e. The van der Waals surface area contributed by atoms with Crippen molar-refractivity contribution in [2.75, 3.05) is 18.0 Å². The summed E-state index contributed by atoms with van der Waals surface area (Å²) in [7, 11) is 0. The van der Waals surface area contributed by atoms with Gasteiger partial charge in [-0.1, -0.05) is 6.42 Å². The second-order valence-corrected chi connectivity index (χ2v) is 5.58. The minimum Gasteiger partial charge on any atom is -0.353 e. The van der Waals surface area contributed by atoms with Crippen molar-refractivity contribution in [3.63, 3.8) is 0 Å². The molecule has 2 fully saturated rings. The molecule has 0 amide bonds. The van der Waals surface area contributed by atoms with Gasteiger partial charge in [0.1, 0.15) is 11.6 Å². The first-order chi connectivity index (χ1) is 8.70. The van der Waals surface area contributed by atoms with Crippen molar-refractivity contribution >= 4 is 5.82 Å². The van der Waals surface area contributed by atoms with Gasteiger partial charge in [0.15, 0.2) is 5.82 Å². The van der Waals surface area contributed by atoms with Crippen LogP contribution in [0.15, 0.2) is 0 Å². The molecule has 2 atom stereocenters. The van der Waals surface area contributed by atoms with E-state index < -0.39 is 0 Å². The highest BCUT2D eigenvalue weighted by atomic mass is 15.3. The lowest BCUT2D eigenvalue weighted by molar-refractivity contribution is 0.494. The first kappa shape index (κ1) is 11.5. The highest BCUT2D eigenvalue weighted by molar-refractivity contribution is 5.58. The van der Waals surface area contributed by atoms with Gasteiger partial charge in [-0.3, -0.25) is 0 Å². The Kier molecular flexibility index (Phi) is 2.70. The Morgan fingerprint density at radius 3 is 2.44 bits per heavy atom. The second kappa shape index (κ2) is 4.24. The molecule has 1 saturated heterocycles. The minimum absolute atomic E-state index is 0.711. The molecule has 2 aliphatic rings. The third-order valence-corrected chi connectivity index (χ3v) is 4.57. The third kappa shape index (κ3) is 1.66. The summed E-state index contributed by atoms with van der Waals surface area (Å²) in [5, 5.41) is 17.8. The van der Waals surface area contributed by atoms with E-state index >= 15 is 0 Å². The maximum absolute atomic E-state index is 9.34. The van der Waals surface area contributed by atoms with Crippen LogP contribution in [0.4, 0.5) is 5.82 Å². The molecule has 2 heterocycles. The molecule has 18 heavy (non-hydrogen) atoms. The number of rotatable bonds is 1. The van der Waals surface area contributed by atoms with Crippen LogP contribution in [0.3, 0.4) is 0 Å². The van der Waals surface area contributed by atoms with E-state index in [0.717, 1.165) is 42.0 Å². The molecule has 1 aliphatic carbocycles. The zero-order chi connectivity index (χ0) is 12.7. The van der Waals surface area contributed by atoms with E-state index in [1.807, 2.05) is 13.8 Å². The molecule has 4 heteroatoms. The Morgan fingerprint density at radius 1 is 1.17 bits per heavy atom. The van der Waals surface area contributed by atoms with Crippen molar-refractivity contribution in [1.82, 2.24) is 10.2 Å². The monoisotopic (exact) mass is 242 g/mol. The van der Waals surface area contributed by atoms with Crippen molar-refractivity contribution in [2.45, 2.75) is 33.1 Å². The number of anilines is 1. The average molecular weight is 242 g/mol. The number of fused-ring (bicyclic) bond motifs is 1. The van der Waals surface area contributed by atoms with Gasteiger partial charge >= 0.3 is 0 Å². The summed E-state index contributed by atoms with van der Waals surface area (Å²) in [6.07, 6.45) is 4.04. The summed E-state index contributed by atoms with van der Waals surface area (Å²) >= 11 is 0. The molecule has 1 aromatic heterocycles. The van der Waals surface area contributed by atoms with Gasteiger partial charge in [-0.15, -0.1) is 5.10 Å². The van der Waals surface area contributed by atoms with Crippen molar-refractivity contribution in [3.8, 4) is 6.07 Å². The number of aryl methyl sites for hydroxylation is 1. The van der Waals surface area contributed by atoms with Gasteiger partial charge in [-0.05, 0) is 44.1 Å². The van der Waals surface area contributed by atoms with E-state index in [1.165, 1.54) is 19.3 Å². The van der Waals surface area contributed by atoms with Gasteiger partial charge < -0.3 is 4.90 Å². The van der Waals surface area contributed by atoms with E-state index in [4.69, 9.17) is 0 Å². The smallest absolute Gasteiger partial charge is 0.169 e. The highest BCUT2D eigenvalue weighted by Gasteiger charge is 2.37. The maximum Gasteiger partial charge on any atom is 0.169 e. The van der Waals surface area contributed by atoms with Crippen LogP contribution in [0.2, 0.25) is 0 Å². The summed E-state index contributed by atoms with van der Waals surface area (Å²) in [4.78, 5) is 2.27. The van der Waals surface area contributed by atoms with Crippen molar-refractivity contribution in [2.24, 2.45) is 11.8 Å². The quantitative estimate of drug-likeness (QED) is 0.757. The van der Waals surface area contributed by atoms with Gasteiger partial charge in [0, 0.05) is 13.1 Å². The molecule has 2 unspecified atom stereocenters. The van der Waals surface area contributed by atoms with Crippen molar-refractivity contribution < 1.29 is 0 Å². The number of hydrogen-bond donors (Lipinski definition) is 0. The van der Waals surface area contributed by atoms with Crippen LogP contribution in [-0.4, -0.2) is 23.3 Å². The fraction of sp³-hybridized carbons (Fsp3) is 0.643. The van der Waals surface area contributed by atoms with Crippen molar-refractivity contribution in [1.29, 1.82) is 5.26 Å². The highest BCUT2D eigenvalue weighted by Crippen LogP contribution is 2.39. The fourth-order valence-corrected chi connectivity index (χ4v) is 3.36. The topological polar surface area (TPSA) is 52.8 Å². The first-order valence-corrected chi connectivity index (χ1v) is 6.69. The molecule has 1 saturated carbocycles. The molecule has 0 spiro atoms. The zero-order valence-corrected chi connectivity index (χ0v) is 11.0. The predicted octanol–water partition coefficient (Wildman–Crippen LogP) is 2.20. The van der Waals surface area contributed by atoms with Gasteiger partial charge in [0.05, 0.1) is 5.69 Å². The van der Waals surface area contributed by atoms with Crippen LogP contribution in [0.1, 0.15) is 36.1 Å². The third-order valence-electron chi connectivity index (χ3n) is 4.57. The molecular weight excluding hydrogens is 224 g/mol. The second-order valence-electron chi connectivity index (χ2n) is 5.58. The van der Waals surface area contributed by atoms with Crippen LogP contribution in [0.5, 0.6) is 0 Å². The molecule has 0 bridgehead atoms. The van der Waals surface area contributed by atoms with E-state index in [1.54, 1.807) is 0 Å². The molecule has 0 aromatic carbocycles. The normalized spacial score (nSPS) is 26.2. The summed E-state index contributed by atoms with van der Waals surface area (Å²) < 4.78 is 0. The Morgan fingerprint density at radius 2 is 1.83 bits per heavy atom. The Labute approximate surface area is 108 Å². The fourth-order valence-electron chi connectivity index (χ4n) is 3.36.